The minimum Gasteiger partial charge on any atom is -0.281 e. The Morgan fingerprint density at radius 3 is 1.17 bits per heavy atom. The first-order chi connectivity index (χ1) is 5.15. The Kier molecular flexibility index (Phi) is 1.82. The van der Waals surface area contributed by atoms with E-state index < -0.39 is 24.4 Å². The maximum atomic E-state index is 11.7. The van der Waals surface area contributed by atoms with Crippen LogP contribution in [0.15, 0.2) is 0 Å². The summed E-state index contributed by atoms with van der Waals surface area (Å²) < 4.78 is 70.4. The lowest BCUT2D eigenvalue weighted by atomic mass is 10.3. The van der Waals surface area contributed by atoms with E-state index in [1.165, 1.54) is 0 Å². The molecule has 1 rings (SSSR count). The fourth-order valence-corrected chi connectivity index (χ4v) is 1.16. The van der Waals surface area contributed by atoms with E-state index in [-0.39, 0.29) is 4.90 Å². The fourth-order valence-electron chi connectivity index (χ4n) is 1.16. The Morgan fingerprint density at radius 1 is 0.833 bits per heavy atom. The van der Waals surface area contributed by atoms with Crippen molar-refractivity contribution < 1.29 is 26.3 Å². The standard InChI is InChI=1S/C5H5F6N/c1-12-2(4(6,7)8)3(12)5(9,10)11/h2-3H,1H3. The van der Waals surface area contributed by atoms with Gasteiger partial charge in [-0.2, -0.15) is 26.3 Å². The van der Waals surface area contributed by atoms with E-state index in [2.05, 4.69) is 0 Å². The van der Waals surface area contributed by atoms with Gasteiger partial charge in [0.1, 0.15) is 12.1 Å². The topological polar surface area (TPSA) is 3.01 Å². The number of hydrogen-bond acceptors (Lipinski definition) is 1. The first-order valence-electron chi connectivity index (χ1n) is 3.01. The molecule has 1 heterocycles. The van der Waals surface area contributed by atoms with Gasteiger partial charge in [0.25, 0.3) is 0 Å². The highest BCUT2D eigenvalue weighted by molar-refractivity contribution is 5.08. The summed E-state index contributed by atoms with van der Waals surface area (Å²) in [4.78, 5) is 0.250. The number of hydrogen-bond donors (Lipinski definition) is 0. The lowest BCUT2D eigenvalue weighted by Gasteiger charge is -2.04. The molecule has 1 aliphatic heterocycles. The van der Waals surface area contributed by atoms with Gasteiger partial charge in [0, 0.05) is 0 Å². The van der Waals surface area contributed by atoms with Crippen molar-refractivity contribution in [1.82, 2.24) is 4.90 Å². The zero-order chi connectivity index (χ0) is 9.73. The molecule has 1 fully saturated rings. The molecule has 0 saturated carbocycles. The van der Waals surface area contributed by atoms with Gasteiger partial charge < -0.3 is 0 Å². The largest absolute Gasteiger partial charge is 0.405 e. The van der Waals surface area contributed by atoms with Crippen LogP contribution in [0, 0.1) is 0 Å². The summed E-state index contributed by atoms with van der Waals surface area (Å²) in [6, 6.07) is -4.70. The van der Waals surface area contributed by atoms with E-state index in [0.29, 0.717) is 0 Å². The molecule has 0 amide bonds. The highest BCUT2D eigenvalue weighted by Crippen LogP contribution is 2.47. The molecule has 2 atom stereocenters. The molecule has 0 N–H and O–H groups in total. The minimum atomic E-state index is -4.78. The fraction of sp³-hybridized carbons (Fsp3) is 1.00. The van der Waals surface area contributed by atoms with Crippen LogP contribution in [-0.2, 0) is 0 Å². The van der Waals surface area contributed by atoms with E-state index in [0.717, 1.165) is 7.05 Å². The zero-order valence-corrected chi connectivity index (χ0v) is 5.87. The Morgan fingerprint density at radius 2 is 1.08 bits per heavy atom. The van der Waals surface area contributed by atoms with Crippen LogP contribution >= 0.6 is 0 Å². The van der Waals surface area contributed by atoms with E-state index in [9.17, 15) is 26.3 Å². The second-order valence-corrected chi connectivity index (χ2v) is 2.64. The average Bonchev–Trinajstić information content (AvgIpc) is 2.35. The highest BCUT2D eigenvalue weighted by Gasteiger charge is 2.70. The molecular weight excluding hydrogens is 188 g/mol. The Bertz CT molecular complexity index is 161. The van der Waals surface area contributed by atoms with Crippen molar-refractivity contribution in [2.24, 2.45) is 0 Å². The highest BCUT2D eigenvalue weighted by atomic mass is 19.4. The molecular formula is C5H5F6N. The molecule has 72 valence electrons. The van der Waals surface area contributed by atoms with E-state index in [4.69, 9.17) is 0 Å². The SMILES string of the molecule is CN1C(C(F)(F)F)C1C(F)(F)F. The van der Waals surface area contributed by atoms with Crippen LogP contribution in [0.1, 0.15) is 0 Å². The molecule has 0 aromatic heterocycles. The maximum Gasteiger partial charge on any atom is 0.405 e. The molecule has 1 nitrogen and oxygen atoms in total. The monoisotopic (exact) mass is 193 g/mol. The third kappa shape index (κ3) is 1.50. The van der Waals surface area contributed by atoms with Crippen molar-refractivity contribution >= 4 is 0 Å². The lowest BCUT2D eigenvalue weighted by Crippen LogP contribution is -2.26. The Balaban J connectivity index is 2.67. The third-order valence-corrected chi connectivity index (χ3v) is 1.76. The van der Waals surface area contributed by atoms with Crippen LogP contribution in [0.3, 0.4) is 0 Å². The number of alkyl halides is 6. The molecule has 0 bridgehead atoms. The van der Waals surface area contributed by atoms with Crippen LogP contribution in [-0.4, -0.2) is 36.4 Å². The first kappa shape index (κ1) is 9.63. The van der Waals surface area contributed by atoms with Crippen molar-refractivity contribution in [3.8, 4) is 0 Å². The van der Waals surface area contributed by atoms with Gasteiger partial charge in [-0.1, -0.05) is 0 Å². The Labute approximate surface area is 63.9 Å². The van der Waals surface area contributed by atoms with E-state index in [1.807, 2.05) is 0 Å². The number of nitrogens with zero attached hydrogens (tertiary/aromatic N) is 1. The van der Waals surface area contributed by atoms with Crippen LogP contribution in [0.4, 0.5) is 26.3 Å². The van der Waals surface area contributed by atoms with Crippen LogP contribution < -0.4 is 0 Å². The Hall–Kier alpha value is -0.460. The van der Waals surface area contributed by atoms with Crippen molar-refractivity contribution in [3.63, 3.8) is 0 Å². The summed E-state index contributed by atoms with van der Waals surface area (Å²) in [5.41, 5.74) is 0. The molecule has 7 heteroatoms. The van der Waals surface area contributed by atoms with Crippen molar-refractivity contribution in [2.45, 2.75) is 24.4 Å². The van der Waals surface area contributed by atoms with Gasteiger partial charge in [0.05, 0.1) is 0 Å². The molecule has 0 aliphatic carbocycles. The summed E-state index contributed by atoms with van der Waals surface area (Å²) in [5.74, 6) is 0. The van der Waals surface area contributed by atoms with Gasteiger partial charge in [-0.25, -0.2) is 0 Å². The van der Waals surface area contributed by atoms with Gasteiger partial charge in [-0.3, -0.25) is 4.90 Å². The average molecular weight is 193 g/mol. The van der Waals surface area contributed by atoms with Crippen molar-refractivity contribution in [1.29, 1.82) is 0 Å². The molecule has 1 aliphatic rings. The van der Waals surface area contributed by atoms with Gasteiger partial charge in [0.2, 0.25) is 0 Å². The van der Waals surface area contributed by atoms with Crippen LogP contribution in [0.5, 0.6) is 0 Å². The molecule has 0 aromatic rings. The number of likely N-dealkylation sites (N-methyl/N-ethyl adjacent to an activating group) is 1. The molecule has 2 unspecified atom stereocenters. The number of halogens is 6. The predicted molar refractivity (Wildman–Crippen MR) is 27.4 cm³/mol. The lowest BCUT2D eigenvalue weighted by molar-refractivity contribution is -0.160. The molecule has 12 heavy (non-hydrogen) atoms. The molecule has 0 aromatic carbocycles. The first-order valence-corrected chi connectivity index (χ1v) is 3.01. The summed E-state index contributed by atoms with van der Waals surface area (Å²) in [7, 11) is 0.802. The normalized spacial score (nSPS) is 36.8. The minimum absolute atomic E-state index is 0.250. The summed E-state index contributed by atoms with van der Waals surface area (Å²) in [6.07, 6.45) is -9.57. The molecule has 0 radical (unpaired) electrons. The van der Waals surface area contributed by atoms with Crippen molar-refractivity contribution in [2.75, 3.05) is 7.05 Å². The molecule has 0 spiro atoms. The third-order valence-electron chi connectivity index (χ3n) is 1.76. The van der Waals surface area contributed by atoms with Gasteiger partial charge in [-0.15, -0.1) is 0 Å². The second-order valence-electron chi connectivity index (χ2n) is 2.64. The maximum absolute atomic E-state index is 11.7. The summed E-state index contributed by atoms with van der Waals surface area (Å²) in [5, 5.41) is 0. The summed E-state index contributed by atoms with van der Waals surface area (Å²) in [6.45, 7) is 0. The smallest absolute Gasteiger partial charge is 0.281 e. The van der Waals surface area contributed by atoms with Gasteiger partial charge in [0.15, 0.2) is 0 Å². The van der Waals surface area contributed by atoms with E-state index in [1.54, 1.807) is 0 Å². The quantitative estimate of drug-likeness (QED) is 0.418. The van der Waals surface area contributed by atoms with Gasteiger partial charge >= 0.3 is 12.4 Å². The van der Waals surface area contributed by atoms with Crippen LogP contribution in [0.25, 0.3) is 0 Å². The predicted octanol–water partition coefficient (Wildman–Crippen LogP) is 1.79. The number of rotatable bonds is 0. The zero-order valence-electron chi connectivity index (χ0n) is 5.87. The summed E-state index contributed by atoms with van der Waals surface area (Å²) >= 11 is 0. The van der Waals surface area contributed by atoms with E-state index >= 15 is 0 Å². The van der Waals surface area contributed by atoms with Gasteiger partial charge in [-0.05, 0) is 7.05 Å². The van der Waals surface area contributed by atoms with Crippen molar-refractivity contribution in [3.05, 3.63) is 0 Å². The second kappa shape index (κ2) is 2.27. The van der Waals surface area contributed by atoms with Crippen LogP contribution in [0.2, 0.25) is 0 Å². The molecule has 1 saturated heterocycles.